The number of hydrogen-bond acceptors (Lipinski definition) is 2. The van der Waals surface area contributed by atoms with E-state index >= 15 is 0 Å². The Morgan fingerprint density at radius 2 is 2.12 bits per heavy atom. The van der Waals surface area contributed by atoms with Gasteiger partial charge in [0.1, 0.15) is 0 Å². The van der Waals surface area contributed by atoms with E-state index in [1.807, 2.05) is 0 Å². The molecule has 2 rings (SSSR count). The van der Waals surface area contributed by atoms with Crippen LogP contribution in [0, 0.1) is 11.8 Å². The van der Waals surface area contributed by atoms with Crippen molar-refractivity contribution in [1.29, 1.82) is 0 Å². The molecular formula is C11H9BrClNO3. The highest BCUT2D eigenvalue weighted by molar-refractivity contribution is 9.10. The van der Waals surface area contributed by atoms with Crippen molar-refractivity contribution < 1.29 is 14.7 Å². The van der Waals surface area contributed by atoms with Crippen LogP contribution in [0.5, 0.6) is 0 Å². The molecule has 1 aromatic carbocycles. The van der Waals surface area contributed by atoms with Crippen molar-refractivity contribution in [2.24, 2.45) is 11.8 Å². The van der Waals surface area contributed by atoms with E-state index in [1.54, 1.807) is 18.2 Å². The van der Waals surface area contributed by atoms with Crippen molar-refractivity contribution in [2.75, 3.05) is 5.32 Å². The van der Waals surface area contributed by atoms with Gasteiger partial charge in [-0.1, -0.05) is 11.6 Å². The average Bonchev–Trinajstić information content (AvgIpc) is 3.01. The maximum atomic E-state index is 11.7. The van der Waals surface area contributed by atoms with Crippen LogP contribution in [0.4, 0.5) is 5.69 Å². The zero-order chi connectivity index (χ0) is 12.6. The van der Waals surface area contributed by atoms with E-state index < -0.39 is 17.8 Å². The van der Waals surface area contributed by atoms with E-state index in [1.165, 1.54) is 0 Å². The molecule has 1 saturated carbocycles. The van der Waals surface area contributed by atoms with Gasteiger partial charge in [0.2, 0.25) is 5.91 Å². The number of aliphatic carboxylic acids is 1. The molecular weight excluding hydrogens is 309 g/mol. The van der Waals surface area contributed by atoms with Gasteiger partial charge in [0, 0.05) is 9.50 Å². The number of carbonyl (C=O) groups is 2. The van der Waals surface area contributed by atoms with Crippen LogP contribution in [0.3, 0.4) is 0 Å². The minimum absolute atomic E-state index is 0.263. The van der Waals surface area contributed by atoms with Crippen LogP contribution >= 0.6 is 27.5 Å². The van der Waals surface area contributed by atoms with Gasteiger partial charge in [-0.15, -0.1) is 0 Å². The molecule has 2 N–H and O–H groups in total. The van der Waals surface area contributed by atoms with E-state index in [0.717, 1.165) is 0 Å². The maximum absolute atomic E-state index is 11.7. The summed E-state index contributed by atoms with van der Waals surface area (Å²) >= 11 is 9.05. The van der Waals surface area contributed by atoms with Gasteiger partial charge in [-0.05, 0) is 40.5 Å². The molecule has 2 atom stereocenters. The second-order valence-electron chi connectivity index (χ2n) is 3.90. The fourth-order valence-electron chi connectivity index (χ4n) is 1.57. The van der Waals surface area contributed by atoms with E-state index in [2.05, 4.69) is 21.2 Å². The summed E-state index contributed by atoms with van der Waals surface area (Å²) in [5.41, 5.74) is 0.593. The fraction of sp³-hybridized carbons (Fsp3) is 0.273. The highest BCUT2D eigenvalue weighted by Crippen LogP contribution is 2.40. The number of carboxylic acids is 1. The molecule has 17 heavy (non-hydrogen) atoms. The van der Waals surface area contributed by atoms with Gasteiger partial charge in [0.15, 0.2) is 0 Å². The Morgan fingerprint density at radius 3 is 2.65 bits per heavy atom. The quantitative estimate of drug-likeness (QED) is 0.900. The molecule has 2 unspecified atom stereocenters. The predicted octanol–water partition coefficient (Wildman–Crippen LogP) is 2.76. The van der Waals surface area contributed by atoms with Crippen molar-refractivity contribution in [1.82, 2.24) is 0 Å². The van der Waals surface area contributed by atoms with Gasteiger partial charge in [-0.2, -0.15) is 0 Å². The van der Waals surface area contributed by atoms with Crippen LogP contribution in [0.1, 0.15) is 6.42 Å². The topological polar surface area (TPSA) is 66.4 Å². The molecule has 6 heteroatoms. The number of rotatable bonds is 3. The monoisotopic (exact) mass is 317 g/mol. The highest BCUT2D eigenvalue weighted by atomic mass is 79.9. The number of halogens is 2. The van der Waals surface area contributed by atoms with E-state index in [0.29, 0.717) is 21.6 Å². The molecule has 0 heterocycles. The first-order chi connectivity index (χ1) is 7.99. The highest BCUT2D eigenvalue weighted by Gasteiger charge is 2.48. The standard InChI is InChI=1S/C11H9BrClNO3/c12-8-3-5(13)1-2-9(8)14-10(15)6-4-7(6)11(16)17/h1-3,6-7H,4H2,(H,14,15)(H,16,17). The SMILES string of the molecule is O=C(O)C1CC1C(=O)Nc1ccc(Cl)cc1Br. The van der Waals surface area contributed by atoms with Crippen LogP contribution in [0.2, 0.25) is 5.02 Å². The Bertz CT molecular complexity index is 492. The van der Waals surface area contributed by atoms with Gasteiger partial charge < -0.3 is 10.4 Å². The number of nitrogens with one attached hydrogen (secondary N) is 1. The van der Waals surface area contributed by atoms with Crippen molar-refractivity contribution in [3.63, 3.8) is 0 Å². The maximum Gasteiger partial charge on any atom is 0.307 e. The number of carboxylic acid groups (broad SMARTS) is 1. The minimum Gasteiger partial charge on any atom is -0.481 e. The third-order valence-electron chi connectivity index (χ3n) is 2.63. The van der Waals surface area contributed by atoms with E-state index in [-0.39, 0.29) is 5.91 Å². The van der Waals surface area contributed by atoms with Crippen LogP contribution < -0.4 is 5.32 Å². The number of hydrogen-bond donors (Lipinski definition) is 2. The lowest BCUT2D eigenvalue weighted by Crippen LogP contribution is -2.17. The largest absolute Gasteiger partial charge is 0.481 e. The summed E-state index contributed by atoms with van der Waals surface area (Å²) in [4.78, 5) is 22.3. The molecule has 0 aliphatic heterocycles. The second kappa shape index (κ2) is 4.66. The van der Waals surface area contributed by atoms with Gasteiger partial charge in [0.25, 0.3) is 0 Å². The predicted molar refractivity (Wildman–Crippen MR) is 67.0 cm³/mol. The normalized spacial score (nSPS) is 22.0. The molecule has 1 aliphatic carbocycles. The molecule has 1 amide bonds. The Labute approximate surface area is 111 Å². The van der Waals surface area contributed by atoms with Gasteiger partial charge >= 0.3 is 5.97 Å². The lowest BCUT2D eigenvalue weighted by molar-refractivity contribution is -0.139. The summed E-state index contributed by atoms with van der Waals surface area (Å²) in [6, 6.07) is 4.99. The van der Waals surface area contributed by atoms with E-state index in [4.69, 9.17) is 16.7 Å². The fourth-order valence-corrected chi connectivity index (χ4v) is 2.36. The lowest BCUT2D eigenvalue weighted by atomic mass is 10.2. The van der Waals surface area contributed by atoms with Crippen LogP contribution in [0.15, 0.2) is 22.7 Å². The minimum atomic E-state index is -0.916. The smallest absolute Gasteiger partial charge is 0.307 e. The summed E-state index contributed by atoms with van der Waals surface area (Å²) < 4.78 is 0.672. The molecule has 1 aliphatic rings. The molecule has 0 bridgehead atoms. The molecule has 0 aromatic heterocycles. The molecule has 0 spiro atoms. The summed E-state index contributed by atoms with van der Waals surface area (Å²) in [7, 11) is 0. The molecule has 90 valence electrons. The first-order valence-electron chi connectivity index (χ1n) is 4.98. The number of carbonyl (C=O) groups excluding carboxylic acids is 1. The molecule has 1 aromatic rings. The van der Waals surface area contributed by atoms with Crippen molar-refractivity contribution in [2.45, 2.75) is 6.42 Å². The van der Waals surface area contributed by atoms with Crippen LogP contribution in [0.25, 0.3) is 0 Å². The zero-order valence-corrected chi connectivity index (χ0v) is 11.0. The van der Waals surface area contributed by atoms with E-state index in [9.17, 15) is 9.59 Å². The lowest BCUT2D eigenvalue weighted by Gasteiger charge is -2.06. The van der Waals surface area contributed by atoms with Gasteiger partial charge in [0.05, 0.1) is 17.5 Å². The number of amides is 1. The third-order valence-corrected chi connectivity index (χ3v) is 3.52. The summed E-state index contributed by atoms with van der Waals surface area (Å²) in [6.45, 7) is 0. The molecule has 1 fully saturated rings. The van der Waals surface area contributed by atoms with Gasteiger partial charge in [-0.3, -0.25) is 9.59 Å². The Morgan fingerprint density at radius 1 is 1.41 bits per heavy atom. The molecule has 0 radical (unpaired) electrons. The first-order valence-corrected chi connectivity index (χ1v) is 6.15. The second-order valence-corrected chi connectivity index (χ2v) is 5.19. The third kappa shape index (κ3) is 2.79. The average molecular weight is 319 g/mol. The molecule has 4 nitrogen and oxygen atoms in total. The summed E-state index contributed by atoms with van der Waals surface area (Å²) in [5, 5.41) is 12.0. The van der Waals surface area contributed by atoms with Crippen LogP contribution in [-0.2, 0) is 9.59 Å². The molecule has 0 saturated heterocycles. The van der Waals surface area contributed by atoms with Crippen LogP contribution in [-0.4, -0.2) is 17.0 Å². The number of benzene rings is 1. The van der Waals surface area contributed by atoms with Gasteiger partial charge in [-0.25, -0.2) is 0 Å². The summed E-state index contributed by atoms with van der Waals surface area (Å²) in [6.07, 6.45) is 0.409. The Kier molecular flexibility index (Phi) is 3.40. The number of anilines is 1. The Balaban J connectivity index is 2.02. The Hall–Kier alpha value is -1.07. The van der Waals surface area contributed by atoms with Crippen molar-refractivity contribution >= 4 is 45.1 Å². The summed E-state index contributed by atoms with van der Waals surface area (Å²) in [5.74, 6) is -2.14. The van der Waals surface area contributed by atoms with Crippen molar-refractivity contribution in [3.8, 4) is 0 Å². The first kappa shape index (κ1) is 12.4. The van der Waals surface area contributed by atoms with Crippen molar-refractivity contribution in [3.05, 3.63) is 27.7 Å². The zero-order valence-electron chi connectivity index (χ0n) is 8.61.